The molecule has 0 spiro atoms. The van der Waals surface area contributed by atoms with Crippen molar-refractivity contribution in [3.63, 3.8) is 0 Å². The molecular weight excluding hydrogens is 273 g/mol. The molecule has 1 rings (SSSR count). The van der Waals surface area contributed by atoms with E-state index in [9.17, 15) is 23.1 Å². The second-order valence-corrected chi connectivity index (χ2v) is 5.74. The summed E-state index contributed by atoms with van der Waals surface area (Å²) in [6, 6.07) is 0. The first-order chi connectivity index (χ1) is 9.29. The smallest absolute Gasteiger partial charge is 0.411 e. The fourth-order valence-corrected chi connectivity index (χ4v) is 2.95. The lowest BCUT2D eigenvalue weighted by molar-refractivity contribution is -0.177. The van der Waals surface area contributed by atoms with Crippen molar-refractivity contribution in [2.24, 2.45) is 11.3 Å². The maximum Gasteiger partial charge on any atom is 0.411 e. The molecule has 1 aliphatic carbocycles. The third-order valence-electron chi connectivity index (χ3n) is 4.20. The second-order valence-electron chi connectivity index (χ2n) is 5.74. The van der Waals surface area contributed by atoms with E-state index in [-0.39, 0.29) is 13.0 Å². The van der Waals surface area contributed by atoms with E-state index in [1.54, 1.807) is 0 Å². The summed E-state index contributed by atoms with van der Waals surface area (Å²) in [6.07, 6.45) is 0.774. The summed E-state index contributed by atoms with van der Waals surface area (Å²) in [5.41, 5.74) is -0.893. The highest BCUT2D eigenvalue weighted by Gasteiger charge is 2.41. The van der Waals surface area contributed by atoms with Crippen molar-refractivity contribution in [1.82, 2.24) is 0 Å². The number of ether oxygens (including phenoxy) is 1. The lowest BCUT2D eigenvalue weighted by atomic mass is 9.68. The minimum Gasteiger partial charge on any atom is -0.481 e. The van der Waals surface area contributed by atoms with Crippen LogP contribution < -0.4 is 0 Å². The molecule has 0 bridgehead atoms. The van der Waals surface area contributed by atoms with Gasteiger partial charge in [-0.15, -0.1) is 0 Å². The Morgan fingerprint density at radius 1 is 1.35 bits per heavy atom. The molecule has 0 aliphatic heterocycles. The molecule has 0 aromatic rings. The van der Waals surface area contributed by atoms with Crippen LogP contribution in [0.25, 0.3) is 0 Å². The van der Waals surface area contributed by atoms with Gasteiger partial charge in [-0.3, -0.25) is 4.79 Å². The molecule has 0 amide bonds. The first-order valence-electron chi connectivity index (χ1n) is 7.17. The molecule has 20 heavy (non-hydrogen) atoms. The summed E-state index contributed by atoms with van der Waals surface area (Å²) in [7, 11) is 0. The Balaban J connectivity index is 2.43. The first-order valence-corrected chi connectivity index (χ1v) is 7.17. The number of hydrogen-bond donors (Lipinski definition) is 1. The van der Waals surface area contributed by atoms with Gasteiger partial charge in [-0.05, 0) is 38.0 Å². The third-order valence-corrected chi connectivity index (χ3v) is 4.20. The van der Waals surface area contributed by atoms with Crippen LogP contribution in [-0.2, 0) is 9.53 Å². The quantitative estimate of drug-likeness (QED) is 0.722. The molecule has 118 valence electrons. The van der Waals surface area contributed by atoms with Crippen LogP contribution in [-0.4, -0.2) is 30.5 Å². The molecule has 1 aliphatic rings. The van der Waals surface area contributed by atoms with Gasteiger partial charge in [0.15, 0.2) is 0 Å². The van der Waals surface area contributed by atoms with Gasteiger partial charge in [0, 0.05) is 6.61 Å². The molecule has 1 fully saturated rings. The van der Waals surface area contributed by atoms with Crippen LogP contribution in [0.1, 0.15) is 51.9 Å². The number of carboxylic acids is 1. The van der Waals surface area contributed by atoms with Gasteiger partial charge in [0.1, 0.15) is 6.61 Å². The van der Waals surface area contributed by atoms with E-state index >= 15 is 0 Å². The largest absolute Gasteiger partial charge is 0.481 e. The van der Waals surface area contributed by atoms with Crippen molar-refractivity contribution in [3.8, 4) is 0 Å². The lowest BCUT2D eigenvalue weighted by Crippen LogP contribution is -2.37. The third kappa shape index (κ3) is 5.31. The van der Waals surface area contributed by atoms with E-state index in [2.05, 4.69) is 11.7 Å². The number of alkyl halides is 3. The van der Waals surface area contributed by atoms with Gasteiger partial charge < -0.3 is 9.84 Å². The van der Waals surface area contributed by atoms with E-state index in [1.165, 1.54) is 0 Å². The number of hydrogen-bond acceptors (Lipinski definition) is 2. The van der Waals surface area contributed by atoms with Gasteiger partial charge >= 0.3 is 12.1 Å². The van der Waals surface area contributed by atoms with E-state index < -0.39 is 24.2 Å². The van der Waals surface area contributed by atoms with Crippen LogP contribution in [0.2, 0.25) is 0 Å². The van der Waals surface area contributed by atoms with Gasteiger partial charge in [0.2, 0.25) is 0 Å². The normalized spacial score (nSPS) is 27.5. The summed E-state index contributed by atoms with van der Waals surface area (Å²) in [5, 5.41) is 9.39. The molecule has 0 aromatic heterocycles. The second kappa shape index (κ2) is 7.29. The van der Waals surface area contributed by atoms with Crippen LogP contribution in [0.5, 0.6) is 0 Å². The van der Waals surface area contributed by atoms with Crippen molar-refractivity contribution in [3.05, 3.63) is 0 Å². The van der Waals surface area contributed by atoms with Gasteiger partial charge in [-0.1, -0.05) is 19.8 Å². The number of halogens is 3. The molecule has 0 heterocycles. The maximum atomic E-state index is 12.0. The number of carbonyl (C=O) groups is 1. The number of aliphatic carboxylic acids is 1. The van der Waals surface area contributed by atoms with Crippen LogP contribution >= 0.6 is 0 Å². The standard InChI is InChI=1S/C14H23F3O3/c1-2-3-11-4-6-13(7-5-11,12(18)19)8-9-20-10-14(15,16)17/h11H,2-10H2,1H3,(H,18,19). The fraction of sp³-hybridized carbons (Fsp3) is 0.929. The summed E-state index contributed by atoms with van der Waals surface area (Å²) in [6.45, 7) is 0.648. The Labute approximate surface area is 117 Å². The molecule has 0 aromatic carbocycles. The Bertz CT molecular complexity index is 307. The van der Waals surface area contributed by atoms with Crippen LogP contribution in [0.15, 0.2) is 0 Å². The predicted octanol–water partition coefficient (Wildman–Crippen LogP) is 4.02. The molecule has 0 unspecified atom stereocenters. The number of rotatable bonds is 7. The molecule has 1 saturated carbocycles. The number of carboxylic acid groups (broad SMARTS) is 1. The maximum absolute atomic E-state index is 12.0. The predicted molar refractivity (Wildman–Crippen MR) is 68.4 cm³/mol. The highest BCUT2D eigenvalue weighted by molar-refractivity contribution is 5.74. The zero-order chi connectivity index (χ0) is 15.2. The average Bonchev–Trinajstić information content (AvgIpc) is 2.36. The average molecular weight is 296 g/mol. The Morgan fingerprint density at radius 2 is 1.95 bits per heavy atom. The SMILES string of the molecule is CCCC1CCC(CCOCC(F)(F)F)(C(=O)O)CC1. The molecule has 6 heteroatoms. The molecule has 3 nitrogen and oxygen atoms in total. The summed E-state index contributed by atoms with van der Waals surface area (Å²) >= 11 is 0. The Kier molecular flexibility index (Phi) is 6.30. The van der Waals surface area contributed by atoms with Crippen LogP contribution in [0.3, 0.4) is 0 Å². The van der Waals surface area contributed by atoms with Crippen molar-refractivity contribution < 1.29 is 27.8 Å². The molecular formula is C14H23F3O3. The van der Waals surface area contributed by atoms with Crippen molar-refractivity contribution in [1.29, 1.82) is 0 Å². The van der Waals surface area contributed by atoms with E-state index in [4.69, 9.17) is 0 Å². The molecule has 0 saturated heterocycles. The van der Waals surface area contributed by atoms with Gasteiger partial charge in [-0.2, -0.15) is 13.2 Å². The van der Waals surface area contributed by atoms with Crippen molar-refractivity contribution in [2.75, 3.05) is 13.2 Å². The highest BCUT2D eigenvalue weighted by Crippen LogP contribution is 2.43. The van der Waals surface area contributed by atoms with Crippen molar-refractivity contribution >= 4 is 5.97 Å². The summed E-state index contributed by atoms with van der Waals surface area (Å²) < 4.78 is 40.5. The van der Waals surface area contributed by atoms with E-state index in [0.717, 1.165) is 25.7 Å². The summed E-state index contributed by atoms with van der Waals surface area (Å²) in [5.74, 6) is -0.341. The van der Waals surface area contributed by atoms with E-state index in [0.29, 0.717) is 18.8 Å². The minimum absolute atomic E-state index is 0.149. The first kappa shape index (κ1) is 17.3. The van der Waals surface area contributed by atoms with Crippen molar-refractivity contribution in [2.45, 2.75) is 58.0 Å². The zero-order valence-electron chi connectivity index (χ0n) is 11.8. The van der Waals surface area contributed by atoms with Gasteiger partial charge in [-0.25, -0.2) is 0 Å². The molecule has 1 N–H and O–H groups in total. The fourth-order valence-electron chi connectivity index (χ4n) is 2.95. The molecule has 0 atom stereocenters. The highest BCUT2D eigenvalue weighted by atomic mass is 19.4. The summed E-state index contributed by atoms with van der Waals surface area (Å²) in [4.78, 5) is 11.5. The van der Waals surface area contributed by atoms with Crippen LogP contribution in [0.4, 0.5) is 13.2 Å². The molecule has 0 radical (unpaired) electrons. The lowest BCUT2D eigenvalue weighted by Gasteiger charge is -2.36. The monoisotopic (exact) mass is 296 g/mol. The van der Waals surface area contributed by atoms with Crippen LogP contribution in [0, 0.1) is 11.3 Å². The Hall–Kier alpha value is -0.780. The van der Waals surface area contributed by atoms with E-state index in [1.807, 2.05) is 0 Å². The minimum atomic E-state index is -4.35. The topological polar surface area (TPSA) is 46.5 Å². The zero-order valence-corrected chi connectivity index (χ0v) is 11.8. The van der Waals surface area contributed by atoms with Gasteiger partial charge in [0.05, 0.1) is 5.41 Å². The Morgan fingerprint density at radius 3 is 2.40 bits per heavy atom. The van der Waals surface area contributed by atoms with Gasteiger partial charge in [0.25, 0.3) is 0 Å².